The fraction of sp³-hybridized carbons (Fsp3) is 0.500. The zero-order valence-electron chi connectivity index (χ0n) is 17.9. The number of benzene rings is 1. The highest BCUT2D eigenvalue weighted by Crippen LogP contribution is 2.24. The van der Waals surface area contributed by atoms with Crippen molar-refractivity contribution in [3.8, 4) is 0 Å². The van der Waals surface area contributed by atoms with Crippen LogP contribution in [0.4, 0.5) is 9.59 Å². The maximum atomic E-state index is 12.6. The van der Waals surface area contributed by atoms with Gasteiger partial charge in [-0.15, -0.1) is 0 Å². The topological polar surface area (TPSA) is 94.2 Å². The number of ether oxygens (including phenoxy) is 3. The van der Waals surface area contributed by atoms with Crippen LogP contribution in [0.3, 0.4) is 0 Å². The summed E-state index contributed by atoms with van der Waals surface area (Å²) in [5, 5.41) is 2.81. The monoisotopic (exact) mass is 418 g/mol. The molecule has 1 aromatic carbocycles. The molecule has 0 radical (unpaired) electrons. The Labute approximate surface area is 177 Å². The van der Waals surface area contributed by atoms with Gasteiger partial charge in [-0.2, -0.15) is 0 Å². The average molecular weight is 418 g/mol. The molecule has 8 heteroatoms. The van der Waals surface area contributed by atoms with Crippen molar-refractivity contribution in [2.45, 2.75) is 57.9 Å². The Morgan fingerprint density at radius 1 is 1.20 bits per heavy atom. The van der Waals surface area contributed by atoms with Crippen LogP contribution in [-0.4, -0.2) is 54.4 Å². The van der Waals surface area contributed by atoms with Crippen LogP contribution in [0.25, 0.3) is 0 Å². The highest BCUT2D eigenvalue weighted by Gasteiger charge is 2.37. The van der Waals surface area contributed by atoms with Crippen molar-refractivity contribution < 1.29 is 28.6 Å². The standard InChI is InChI=1S/C22H30N2O6/c1-22(2,3)30-21(27)24-14-17(13-18(24)11-8-12-19(25)28-4)23-20(26)29-15-16-9-6-5-7-10-16/h5-10,12,17-18H,11,13-15H2,1-4H3,(H,23,26)/b12-8+/t17-,18+/m0/s1. The molecule has 0 spiro atoms. The van der Waals surface area contributed by atoms with Gasteiger partial charge in [0, 0.05) is 18.7 Å². The van der Waals surface area contributed by atoms with Crippen LogP contribution < -0.4 is 5.32 Å². The summed E-state index contributed by atoms with van der Waals surface area (Å²) in [6.45, 7) is 5.85. The highest BCUT2D eigenvalue weighted by atomic mass is 16.6. The minimum Gasteiger partial charge on any atom is -0.466 e. The molecule has 0 bridgehead atoms. The molecule has 1 fully saturated rings. The smallest absolute Gasteiger partial charge is 0.410 e. The maximum absolute atomic E-state index is 12.6. The number of carbonyl (C=O) groups is 3. The number of methoxy groups -OCH3 is 1. The third-order valence-corrected chi connectivity index (χ3v) is 4.44. The minimum atomic E-state index is -0.635. The molecule has 164 valence electrons. The first-order valence-corrected chi connectivity index (χ1v) is 9.89. The minimum absolute atomic E-state index is 0.167. The lowest BCUT2D eigenvalue weighted by atomic mass is 10.1. The van der Waals surface area contributed by atoms with E-state index in [2.05, 4.69) is 10.1 Å². The Hall–Kier alpha value is -3.03. The normalized spacial score (nSPS) is 18.9. The van der Waals surface area contributed by atoms with Crippen LogP contribution >= 0.6 is 0 Å². The zero-order chi connectivity index (χ0) is 22.1. The fourth-order valence-corrected chi connectivity index (χ4v) is 3.11. The lowest BCUT2D eigenvalue weighted by molar-refractivity contribution is -0.134. The Bertz CT molecular complexity index is 757. The van der Waals surface area contributed by atoms with Gasteiger partial charge < -0.3 is 24.4 Å². The SMILES string of the molecule is COC(=O)/C=C/C[C@@H]1C[C@H](NC(=O)OCc2ccccc2)CN1C(=O)OC(C)(C)C. The molecule has 1 N–H and O–H groups in total. The van der Waals surface area contributed by atoms with E-state index >= 15 is 0 Å². The van der Waals surface area contributed by atoms with Gasteiger partial charge in [-0.1, -0.05) is 36.4 Å². The quantitative estimate of drug-likeness (QED) is 0.432. The average Bonchev–Trinajstić information content (AvgIpc) is 3.08. The van der Waals surface area contributed by atoms with E-state index in [1.54, 1.807) is 31.7 Å². The second-order valence-corrected chi connectivity index (χ2v) is 8.09. The molecule has 1 saturated heterocycles. The van der Waals surface area contributed by atoms with Crippen molar-refractivity contribution in [1.82, 2.24) is 10.2 Å². The number of alkyl carbamates (subject to hydrolysis) is 1. The van der Waals surface area contributed by atoms with Gasteiger partial charge in [-0.25, -0.2) is 14.4 Å². The van der Waals surface area contributed by atoms with E-state index in [0.717, 1.165) is 5.56 Å². The van der Waals surface area contributed by atoms with Crippen LogP contribution in [-0.2, 0) is 25.6 Å². The van der Waals surface area contributed by atoms with E-state index in [4.69, 9.17) is 9.47 Å². The van der Waals surface area contributed by atoms with Crippen LogP contribution in [0.5, 0.6) is 0 Å². The number of esters is 1. The summed E-state index contributed by atoms with van der Waals surface area (Å²) in [6.07, 6.45) is 2.93. The van der Waals surface area contributed by atoms with Gasteiger partial charge in [0.05, 0.1) is 13.2 Å². The summed E-state index contributed by atoms with van der Waals surface area (Å²) in [7, 11) is 1.30. The number of hydrogen-bond acceptors (Lipinski definition) is 6. The van der Waals surface area contributed by atoms with E-state index in [0.29, 0.717) is 19.4 Å². The lowest BCUT2D eigenvalue weighted by Crippen LogP contribution is -2.42. The van der Waals surface area contributed by atoms with Crippen LogP contribution in [0.1, 0.15) is 39.2 Å². The van der Waals surface area contributed by atoms with Gasteiger partial charge in [-0.05, 0) is 39.2 Å². The first-order chi connectivity index (χ1) is 14.2. The molecular weight excluding hydrogens is 388 g/mol. The molecule has 30 heavy (non-hydrogen) atoms. The fourth-order valence-electron chi connectivity index (χ4n) is 3.11. The van der Waals surface area contributed by atoms with E-state index < -0.39 is 23.8 Å². The van der Waals surface area contributed by atoms with Crippen molar-refractivity contribution >= 4 is 18.2 Å². The molecule has 1 aliphatic rings. The predicted molar refractivity (Wildman–Crippen MR) is 111 cm³/mol. The van der Waals surface area contributed by atoms with Gasteiger partial charge in [0.2, 0.25) is 0 Å². The summed E-state index contributed by atoms with van der Waals surface area (Å²) in [5.41, 5.74) is 0.254. The van der Waals surface area contributed by atoms with Crippen LogP contribution in [0.15, 0.2) is 42.5 Å². The molecule has 1 aromatic rings. The van der Waals surface area contributed by atoms with E-state index in [9.17, 15) is 14.4 Å². The van der Waals surface area contributed by atoms with Crippen molar-refractivity contribution in [2.24, 2.45) is 0 Å². The summed E-state index contributed by atoms with van der Waals surface area (Å²) >= 11 is 0. The molecule has 0 aliphatic carbocycles. The number of nitrogens with zero attached hydrogens (tertiary/aromatic N) is 1. The van der Waals surface area contributed by atoms with Crippen molar-refractivity contribution in [3.63, 3.8) is 0 Å². The molecule has 2 atom stereocenters. The third kappa shape index (κ3) is 7.77. The van der Waals surface area contributed by atoms with Gasteiger partial charge >= 0.3 is 18.2 Å². The summed E-state index contributed by atoms with van der Waals surface area (Å²) < 4.78 is 15.3. The van der Waals surface area contributed by atoms with Gasteiger partial charge in [-0.3, -0.25) is 0 Å². The van der Waals surface area contributed by atoms with Crippen molar-refractivity contribution in [3.05, 3.63) is 48.0 Å². The Morgan fingerprint density at radius 3 is 2.53 bits per heavy atom. The Kier molecular flexibility index (Phi) is 8.26. The molecule has 0 saturated carbocycles. The molecule has 1 heterocycles. The van der Waals surface area contributed by atoms with Gasteiger partial charge in [0.25, 0.3) is 0 Å². The first-order valence-electron chi connectivity index (χ1n) is 9.89. The second-order valence-electron chi connectivity index (χ2n) is 8.09. The molecule has 0 aromatic heterocycles. The molecule has 1 aliphatic heterocycles. The van der Waals surface area contributed by atoms with Crippen molar-refractivity contribution in [2.75, 3.05) is 13.7 Å². The summed E-state index contributed by atoms with van der Waals surface area (Å²) in [6, 6.07) is 8.88. The van der Waals surface area contributed by atoms with Crippen LogP contribution in [0, 0.1) is 0 Å². The summed E-state index contributed by atoms with van der Waals surface area (Å²) in [4.78, 5) is 37.7. The van der Waals surface area contributed by atoms with Crippen LogP contribution in [0.2, 0.25) is 0 Å². The maximum Gasteiger partial charge on any atom is 0.410 e. The van der Waals surface area contributed by atoms with E-state index in [1.165, 1.54) is 13.2 Å². The van der Waals surface area contributed by atoms with Crippen molar-refractivity contribution in [1.29, 1.82) is 0 Å². The predicted octanol–water partition coefficient (Wildman–Crippen LogP) is 3.41. The first kappa shape index (κ1) is 23.3. The number of likely N-dealkylation sites (tertiary alicyclic amines) is 1. The molecule has 8 nitrogen and oxygen atoms in total. The van der Waals surface area contributed by atoms with Gasteiger partial charge in [0.1, 0.15) is 12.2 Å². The third-order valence-electron chi connectivity index (χ3n) is 4.44. The Morgan fingerprint density at radius 2 is 1.90 bits per heavy atom. The number of nitrogens with one attached hydrogen (secondary N) is 1. The highest BCUT2D eigenvalue weighted by molar-refractivity contribution is 5.81. The molecule has 2 rings (SSSR count). The number of carbonyl (C=O) groups excluding carboxylic acids is 3. The lowest BCUT2D eigenvalue weighted by Gasteiger charge is -2.28. The van der Waals surface area contributed by atoms with E-state index in [-0.39, 0.29) is 18.7 Å². The largest absolute Gasteiger partial charge is 0.466 e. The number of rotatable bonds is 6. The van der Waals surface area contributed by atoms with E-state index in [1.807, 2.05) is 30.3 Å². The Balaban J connectivity index is 1.95. The molecular formula is C22H30N2O6. The number of amides is 2. The molecule has 0 unspecified atom stereocenters. The van der Waals surface area contributed by atoms with Gasteiger partial charge in [0.15, 0.2) is 0 Å². The second kappa shape index (κ2) is 10.7. The molecule has 2 amide bonds. The summed E-state index contributed by atoms with van der Waals surface area (Å²) in [5.74, 6) is -0.462. The zero-order valence-corrected chi connectivity index (χ0v) is 17.9. The number of hydrogen-bond donors (Lipinski definition) is 1.